The molecule has 0 unspecified atom stereocenters. The van der Waals surface area contributed by atoms with Crippen molar-refractivity contribution in [3.05, 3.63) is 28.8 Å². The molecule has 0 fully saturated rings. The summed E-state index contributed by atoms with van der Waals surface area (Å²) in [5, 5.41) is 13.2. The molecule has 10 heteroatoms. The number of anilines is 1. The summed E-state index contributed by atoms with van der Waals surface area (Å²) >= 11 is 5.89. The maximum atomic E-state index is 12.2. The average Bonchev–Trinajstić information content (AvgIpc) is 2.43. The third kappa shape index (κ3) is 6.07. The molecule has 0 saturated heterocycles. The van der Waals surface area contributed by atoms with Crippen molar-refractivity contribution in [3.8, 4) is 0 Å². The Bertz CT molecular complexity index is 649. The lowest BCUT2D eigenvalue weighted by Crippen LogP contribution is -2.39. The Labute approximate surface area is 140 Å². The number of alkyl halides is 3. The average molecular weight is 367 g/mol. The predicted octanol–water partition coefficient (Wildman–Crippen LogP) is 2.54. The van der Waals surface area contributed by atoms with Crippen molar-refractivity contribution in [1.82, 2.24) is 5.32 Å². The van der Waals surface area contributed by atoms with Crippen LogP contribution in [0.25, 0.3) is 0 Å². The molecule has 0 saturated carbocycles. The van der Waals surface area contributed by atoms with E-state index in [1.165, 1.54) is 25.1 Å². The van der Waals surface area contributed by atoms with E-state index in [9.17, 15) is 27.6 Å². The van der Waals surface area contributed by atoms with Crippen LogP contribution in [0.1, 0.15) is 24.8 Å². The first kappa shape index (κ1) is 19.8. The summed E-state index contributed by atoms with van der Waals surface area (Å²) in [6.45, 7) is 0.701. The van der Waals surface area contributed by atoms with Gasteiger partial charge >= 0.3 is 18.1 Å². The highest BCUT2D eigenvalue weighted by atomic mass is 35.5. The van der Waals surface area contributed by atoms with Crippen LogP contribution in [-0.4, -0.2) is 35.6 Å². The fourth-order valence-corrected chi connectivity index (χ4v) is 2.08. The largest absolute Gasteiger partial charge is 0.481 e. The molecule has 0 radical (unpaired) electrons. The van der Waals surface area contributed by atoms with Gasteiger partial charge in [-0.1, -0.05) is 17.7 Å². The molecule has 0 spiro atoms. The second kappa shape index (κ2) is 8.00. The minimum atomic E-state index is -5.06. The molecule has 1 rings (SSSR count). The Balaban J connectivity index is 3.01. The summed E-state index contributed by atoms with van der Waals surface area (Å²) in [5.41, 5.74) is 0.507. The number of nitrogens with one attached hydrogen (secondary N) is 2. The molecule has 132 valence electrons. The van der Waals surface area contributed by atoms with Crippen molar-refractivity contribution in [1.29, 1.82) is 0 Å². The minimum Gasteiger partial charge on any atom is -0.481 e. The van der Waals surface area contributed by atoms with Crippen LogP contribution in [0.3, 0.4) is 0 Å². The van der Waals surface area contributed by atoms with Gasteiger partial charge in [0.1, 0.15) is 0 Å². The maximum Gasteiger partial charge on any atom is 0.471 e. The van der Waals surface area contributed by atoms with E-state index < -0.39 is 42.8 Å². The van der Waals surface area contributed by atoms with Gasteiger partial charge in [0, 0.05) is 19.4 Å². The number of carboxylic acid groups (broad SMARTS) is 1. The van der Waals surface area contributed by atoms with Gasteiger partial charge < -0.3 is 15.7 Å². The quantitative estimate of drug-likeness (QED) is 0.721. The molecule has 0 heterocycles. The van der Waals surface area contributed by atoms with E-state index in [4.69, 9.17) is 16.7 Å². The topological polar surface area (TPSA) is 95.5 Å². The molecule has 6 nitrogen and oxygen atoms in total. The highest BCUT2D eigenvalue weighted by molar-refractivity contribution is 6.33. The Kier molecular flexibility index (Phi) is 6.59. The molecule has 0 aromatic heterocycles. The van der Waals surface area contributed by atoms with Crippen molar-refractivity contribution >= 4 is 35.1 Å². The third-order valence-electron chi connectivity index (χ3n) is 2.96. The number of carbonyl (C=O) groups is 3. The Morgan fingerprint density at radius 1 is 1.29 bits per heavy atom. The van der Waals surface area contributed by atoms with Crippen LogP contribution in [0.15, 0.2) is 18.2 Å². The number of hydrogen-bond acceptors (Lipinski definition) is 3. The number of benzene rings is 1. The van der Waals surface area contributed by atoms with Crippen LogP contribution in [0.4, 0.5) is 18.9 Å². The van der Waals surface area contributed by atoms with E-state index in [2.05, 4.69) is 5.32 Å². The van der Waals surface area contributed by atoms with E-state index in [0.29, 0.717) is 5.56 Å². The van der Waals surface area contributed by atoms with Crippen LogP contribution in [0.5, 0.6) is 0 Å². The molecule has 3 N–H and O–H groups in total. The summed E-state index contributed by atoms with van der Waals surface area (Å²) in [7, 11) is 0. The smallest absolute Gasteiger partial charge is 0.471 e. The second-order valence-electron chi connectivity index (χ2n) is 4.92. The molecule has 0 aliphatic carbocycles. The number of carboxylic acids is 1. The van der Waals surface area contributed by atoms with Gasteiger partial charge in [0.05, 0.1) is 17.1 Å². The number of rotatable bonds is 6. The summed E-state index contributed by atoms with van der Waals surface area (Å²) in [6, 6.07) is 4.15. The number of halogens is 4. The highest BCUT2D eigenvalue weighted by Gasteiger charge is 2.38. The lowest BCUT2D eigenvalue weighted by molar-refractivity contribution is -0.173. The minimum absolute atomic E-state index is 0.183. The van der Waals surface area contributed by atoms with E-state index in [-0.39, 0.29) is 10.7 Å². The molecule has 2 amide bonds. The van der Waals surface area contributed by atoms with Crippen molar-refractivity contribution in [2.75, 3.05) is 11.9 Å². The van der Waals surface area contributed by atoms with Gasteiger partial charge in [-0.2, -0.15) is 13.2 Å². The van der Waals surface area contributed by atoms with E-state index in [1.54, 1.807) is 5.32 Å². The van der Waals surface area contributed by atoms with E-state index in [1.807, 2.05) is 0 Å². The first-order chi connectivity index (χ1) is 11.0. The predicted molar refractivity (Wildman–Crippen MR) is 79.8 cm³/mol. The third-order valence-corrected chi connectivity index (χ3v) is 3.29. The van der Waals surface area contributed by atoms with Gasteiger partial charge in [-0.05, 0) is 17.7 Å². The number of carbonyl (C=O) groups excluding carboxylic acids is 2. The summed E-state index contributed by atoms with van der Waals surface area (Å²) in [6.07, 6.45) is -5.58. The Hall–Kier alpha value is -2.29. The standard InChI is InChI=1S/C14H14ClF3N2O4/c1-7(21)20-11-4-8(2-3-10(11)15)9(5-12(22)23)6-19-13(24)14(16,17)18/h2-4,9H,5-6H2,1H3,(H,19,24)(H,20,21)(H,22,23)/t9-/m0/s1. The molecule has 0 bridgehead atoms. The maximum absolute atomic E-state index is 12.2. The van der Waals surface area contributed by atoms with Gasteiger partial charge in [-0.25, -0.2) is 0 Å². The first-order valence-corrected chi connectivity index (χ1v) is 7.02. The fourth-order valence-electron chi connectivity index (χ4n) is 1.92. The molecule has 0 aliphatic rings. The Morgan fingerprint density at radius 2 is 1.92 bits per heavy atom. The molecule has 1 aromatic rings. The van der Waals surface area contributed by atoms with Crippen LogP contribution in [0.2, 0.25) is 5.02 Å². The lowest BCUT2D eigenvalue weighted by Gasteiger charge is -2.18. The van der Waals surface area contributed by atoms with Gasteiger partial charge in [0.15, 0.2) is 0 Å². The van der Waals surface area contributed by atoms with Gasteiger partial charge in [-0.3, -0.25) is 14.4 Å². The van der Waals surface area contributed by atoms with Crippen LogP contribution < -0.4 is 10.6 Å². The van der Waals surface area contributed by atoms with E-state index in [0.717, 1.165) is 0 Å². The molecule has 1 aromatic carbocycles. The SMILES string of the molecule is CC(=O)Nc1cc([C@H](CNC(=O)C(F)(F)F)CC(=O)O)ccc1Cl. The molecular weight excluding hydrogens is 353 g/mol. The molecule has 24 heavy (non-hydrogen) atoms. The zero-order valence-corrected chi connectivity index (χ0v) is 13.2. The second-order valence-corrected chi connectivity index (χ2v) is 5.33. The van der Waals surface area contributed by atoms with E-state index >= 15 is 0 Å². The summed E-state index contributed by atoms with van der Waals surface area (Å²) in [4.78, 5) is 32.9. The van der Waals surface area contributed by atoms with Crippen molar-refractivity contribution < 1.29 is 32.7 Å². The number of amides is 2. The zero-order chi connectivity index (χ0) is 18.5. The van der Waals surface area contributed by atoms with Crippen LogP contribution >= 0.6 is 11.6 Å². The summed E-state index contributed by atoms with van der Waals surface area (Å²) in [5.74, 6) is -4.76. The normalized spacial score (nSPS) is 12.4. The first-order valence-electron chi connectivity index (χ1n) is 6.64. The lowest BCUT2D eigenvalue weighted by atomic mass is 9.95. The highest BCUT2D eigenvalue weighted by Crippen LogP contribution is 2.28. The van der Waals surface area contributed by atoms with Crippen LogP contribution in [-0.2, 0) is 14.4 Å². The molecule has 1 atom stereocenters. The van der Waals surface area contributed by atoms with Crippen LogP contribution in [0, 0.1) is 0 Å². The zero-order valence-electron chi connectivity index (χ0n) is 12.4. The van der Waals surface area contributed by atoms with Crippen molar-refractivity contribution in [2.45, 2.75) is 25.4 Å². The van der Waals surface area contributed by atoms with Gasteiger partial charge in [0.2, 0.25) is 5.91 Å². The molecule has 0 aliphatic heterocycles. The van der Waals surface area contributed by atoms with Gasteiger partial charge in [-0.15, -0.1) is 0 Å². The number of aliphatic carboxylic acids is 1. The van der Waals surface area contributed by atoms with Crippen molar-refractivity contribution in [2.24, 2.45) is 0 Å². The van der Waals surface area contributed by atoms with Gasteiger partial charge in [0.25, 0.3) is 0 Å². The Morgan fingerprint density at radius 3 is 2.42 bits per heavy atom. The summed E-state index contributed by atoms with van der Waals surface area (Å²) < 4.78 is 36.7. The molecular formula is C14H14ClF3N2O4. The number of hydrogen-bond donors (Lipinski definition) is 3. The monoisotopic (exact) mass is 366 g/mol. The van der Waals surface area contributed by atoms with Crippen molar-refractivity contribution in [3.63, 3.8) is 0 Å². The fraction of sp³-hybridized carbons (Fsp3) is 0.357.